The van der Waals surface area contributed by atoms with Gasteiger partial charge in [0.15, 0.2) is 16.4 Å². The van der Waals surface area contributed by atoms with Crippen molar-refractivity contribution in [2.45, 2.75) is 24.4 Å². The van der Waals surface area contributed by atoms with Crippen molar-refractivity contribution in [3.8, 4) is 5.75 Å². The normalized spacial score (nSPS) is 13.8. The number of halogens is 4. The van der Waals surface area contributed by atoms with Crippen LogP contribution >= 0.6 is 11.6 Å². The van der Waals surface area contributed by atoms with Crippen molar-refractivity contribution >= 4 is 44.6 Å². The van der Waals surface area contributed by atoms with Gasteiger partial charge in [-0.25, -0.2) is 8.42 Å². The van der Waals surface area contributed by atoms with Gasteiger partial charge in [0.05, 0.1) is 26.9 Å². The molecule has 166 valence electrons. The SMILES string of the molecule is Cc1cc2c(cc1S(=O)(=O)CCC(=O)Nc1ccc(Cl)c(C(F)(F)F)c1)OCC(=O)N2. The van der Waals surface area contributed by atoms with Crippen molar-refractivity contribution in [3.63, 3.8) is 0 Å². The summed E-state index contributed by atoms with van der Waals surface area (Å²) in [6.45, 7) is 1.28. The summed E-state index contributed by atoms with van der Waals surface area (Å²) in [6, 6.07) is 5.57. The predicted molar refractivity (Wildman–Crippen MR) is 107 cm³/mol. The van der Waals surface area contributed by atoms with E-state index >= 15 is 0 Å². The zero-order chi connectivity index (χ0) is 23.0. The Morgan fingerprint density at radius 3 is 2.65 bits per heavy atom. The number of ether oxygens (including phenoxy) is 1. The Morgan fingerprint density at radius 1 is 1.26 bits per heavy atom. The van der Waals surface area contributed by atoms with Gasteiger partial charge in [0, 0.05) is 18.2 Å². The molecule has 1 heterocycles. The van der Waals surface area contributed by atoms with Crippen molar-refractivity contribution in [1.82, 2.24) is 0 Å². The van der Waals surface area contributed by atoms with Crippen molar-refractivity contribution in [3.05, 3.63) is 46.5 Å². The molecular formula is C19H16ClF3N2O5S. The number of amides is 2. The van der Waals surface area contributed by atoms with Crippen LogP contribution in [0.2, 0.25) is 5.02 Å². The molecular weight excluding hydrogens is 461 g/mol. The summed E-state index contributed by atoms with van der Waals surface area (Å²) < 4.78 is 69.4. The molecule has 0 aliphatic carbocycles. The van der Waals surface area contributed by atoms with Crippen LogP contribution in [0.25, 0.3) is 0 Å². The van der Waals surface area contributed by atoms with Gasteiger partial charge < -0.3 is 15.4 Å². The largest absolute Gasteiger partial charge is 0.482 e. The lowest BCUT2D eigenvalue weighted by Gasteiger charge is -2.20. The fourth-order valence-electron chi connectivity index (χ4n) is 2.93. The summed E-state index contributed by atoms with van der Waals surface area (Å²) >= 11 is 5.53. The van der Waals surface area contributed by atoms with Gasteiger partial charge in [-0.1, -0.05) is 11.6 Å². The molecule has 0 bridgehead atoms. The molecule has 2 N–H and O–H groups in total. The molecule has 2 aromatic carbocycles. The number of rotatable bonds is 5. The zero-order valence-electron chi connectivity index (χ0n) is 16.0. The molecule has 12 heteroatoms. The number of nitrogens with one attached hydrogen (secondary N) is 2. The lowest BCUT2D eigenvalue weighted by molar-refractivity contribution is -0.137. The second kappa shape index (κ2) is 8.39. The van der Waals surface area contributed by atoms with Crippen LogP contribution in [0.4, 0.5) is 24.5 Å². The number of anilines is 2. The van der Waals surface area contributed by atoms with E-state index in [1.165, 1.54) is 25.1 Å². The van der Waals surface area contributed by atoms with E-state index in [4.69, 9.17) is 16.3 Å². The highest BCUT2D eigenvalue weighted by atomic mass is 35.5. The quantitative estimate of drug-likeness (QED) is 0.683. The van der Waals surface area contributed by atoms with E-state index in [0.29, 0.717) is 17.3 Å². The molecule has 1 aliphatic rings. The molecule has 0 aromatic heterocycles. The molecule has 3 rings (SSSR count). The van der Waals surface area contributed by atoms with Crippen molar-refractivity contribution in [2.75, 3.05) is 23.0 Å². The smallest absolute Gasteiger partial charge is 0.417 e. The molecule has 1 aliphatic heterocycles. The summed E-state index contributed by atoms with van der Waals surface area (Å²) in [6.07, 6.45) is -5.19. The van der Waals surface area contributed by atoms with Gasteiger partial charge in [-0.15, -0.1) is 0 Å². The number of benzene rings is 2. The number of hydrogen-bond acceptors (Lipinski definition) is 5. The van der Waals surface area contributed by atoms with Crippen molar-refractivity contribution < 1.29 is 35.9 Å². The monoisotopic (exact) mass is 476 g/mol. The van der Waals surface area contributed by atoms with Crippen LogP contribution in [0.1, 0.15) is 17.5 Å². The molecule has 0 radical (unpaired) electrons. The molecule has 0 spiro atoms. The molecule has 2 aromatic rings. The Kier molecular flexibility index (Phi) is 6.19. The third-order valence-corrected chi connectivity index (χ3v) is 6.58. The van der Waals surface area contributed by atoms with Crippen molar-refractivity contribution in [2.24, 2.45) is 0 Å². The molecule has 0 saturated heterocycles. The first-order chi connectivity index (χ1) is 14.4. The van der Waals surface area contributed by atoms with Gasteiger partial charge >= 0.3 is 6.18 Å². The van der Waals surface area contributed by atoms with Crippen LogP contribution in [0.15, 0.2) is 35.2 Å². The van der Waals surface area contributed by atoms with Crippen LogP contribution in [0.5, 0.6) is 5.75 Å². The first-order valence-electron chi connectivity index (χ1n) is 8.83. The second-order valence-electron chi connectivity index (χ2n) is 6.76. The fourth-order valence-corrected chi connectivity index (χ4v) is 4.67. The number of hydrogen-bond donors (Lipinski definition) is 2. The van der Waals surface area contributed by atoms with Gasteiger partial charge in [-0.3, -0.25) is 9.59 Å². The lowest BCUT2D eigenvalue weighted by atomic mass is 10.2. The van der Waals surface area contributed by atoms with E-state index in [9.17, 15) is 31.2 Å². The minimum Gasteiger partial charge on any atom is -0.482 e. The highest BCUT2D eigenvalue weighted by Crippen LogP contribution is 2.36. The minimum absolute atomic E-state index is 0.0685. The van der Waals surface area contributed by atoms with E-state index in [2.05, 4.69) is 10.6 Å². The average Bonchev–Trinajstić information content (AvgIpc) is 2.66. The maximum atomic E-state index is 12.9. The number of sulfone groups is 1. The second-order valence-corrected chi connectivity index (χ2v) is 9.24. The van der Waals surface area contributed by atoms with Crippen LogP contribution in [-0.2, 0) is 25.6 Å². The summed E-state index contributed by atoms with van der Waals surface area (Å²) in [4.78, 5) is 23.4. The fraction of sp³-hybridized carbons (Fsp3) is 0.263. The van der Waals surface area contributed by atoms with E-state index in [1.54, 1.807) is 0 Å². The summed E-state index contributed by atoms with van der Waals surface area (Å²) in [5, 5.41) is 4.29. The number of carbonyl (C=O) groups excluding carboxylic acids is 2. The Balaban J connectivity index is 1.71. The Hall–Kier alpha value is -2.79. The molecule has 7 nitrogen and oxygen atoms in total. The van der Waals surface area contributed by atoms with Crippen LogP contribution in [0.3, 0.4) is 0 Å². The molecule has 0 unspecified atom stereocenters. The van der Waals surface area contributed by atoms with E-state index in [-0.39, 0.29) is 28.8 Å². The predicted octanol–water partition coefficient (Wildman–Crippen LogP) is 3.80. The highest BCUT2D eigenvalue weighted by Gasteiger charge is 2.33. The molecule has 31 heavy (non-hydrogen) atoms. The van der Waals surface area contributed by atoms with Crippen LogP contribution < -0.4 is 15.4 Å². The summed E-state index contributed by atoms with van der Waals surface area (Å²) in [5.74, 6) is -1.54. The van der Waals surface area contributed by atoms with Crippen LogP contribution in [0, 0.1) is 6.92 Å². The number of aryl methyl sites for hydroxylation is 1. The minimum atomic E-state index is -4.70. The first-order valence-corrected chi connectivity index (χ1v) is 10.9. The van der Waals surface area contributed by atoms with Crippen LogP contribution in [-0.4, -0.2) is 32.6 Å². The summed E-state index contributed by atoms with van der Waals surface area (Å²) in [7, 11) is -3.92. The van der Waals surface area contributed by atoms with E-state index < -0.39 is 44.7 Å². The van der Waals surface area contributed by atoms with Gasteiger partial charge in [0.1, 0.15) is 5.75 Å². The topological polar surface area (TPSA) is 102 Å². The Bertz CT molecular complexity index is 1170. The molecule has 0 saturated carbocycles. The number of alkyl halides is 3. The van der Waals surface area contributed by atoms with Crippen molar-refractivity contribution in [1.29, 1.82) is 0 Å². The average molecular weight is 477 g/mol. The lowest BCUT2D eigenvalue weighted by Crippen LogP contribution is -2.26. The molecule has 2 amide bonds. The van der Waals surface area contributed by atoms with E-state index in [0.717, 1.165) is 6.07 Å². The van der Waals surface area contributed by atoms with Gasteiger partial charge in [-0.2, -0.15) is 13.2 Å². The maximum absolute atomic E-state index is 12.9. The third-order valence-electron chi connectivity index (χ3n) is 4.40. The Labute approximate surface area is 180 Å². The zero-order valence-corrected chi connectivity index (χ0v) is 17.5. The van der Waals surface area contributed by atoms with Gasteiger partial charge in [0.25, 0.3) is 5.91 Å². The third kappa shape index (κ3) is 5.28. The Morgan fingerprint density at radius 2 is 1.97 bits per heavy atom. The first kappa shape index (κ1) is 22.9. The molecule has 0 fully saturated rings. The van der Waals surface area contributed by atoms with Gasteiger partial charge in [-0.05, 0) is 36.8 Å². The summed E-state index contributed by atoms with van der Waals surface area (Å²) in [5.41, 5.74) is -0.587. The number of fused-ring (bicyclic) bond motifs is 1. The van der Waals surface area contributed by atoms with Gasteiger partial charge in [0.2, 0.25) is 5.91 Å². The number of carbonyl (C=O) groups is 2. The highest BCUT2D eigenvalue weighted by molar-refractivity contribution is 7.91. The van der Waals surface area contributed by atoms with E-state index in [1.807, 2.05) is 0 Å². The maximum Gasteiger partial charge on any atom is 0.417 e. The standard InChI is InChI=1S/C19H16ClF3N2O5S/c1-10-6-14-15(30-9-18(27)25-14)8-16(10)31(28,29)5-4-17(26)24-11-2-3-13(20)12(7-11)19(21,22)23/h2-3,6-8H,4-5,9H2,1H3,(H,24,26)(H,25,27). The molecule has 0 atom stereocenters.